The van der Waals surface area contributed by atoms with Crippen LogP contribution in [-0.2, 0) is 4.79 Å². The number of amides is 1. The Morgan fingerprint density at radius 2 is 1.88 bits per heavy atom. The number of aryl methyl sites for hydroxylation is 2. The fourth-order valence-corrected chi connectivity index (χ4v) is 3.49. The smallest absolute Gasteiger partial charge is 0.221 e. The summed E-state index contributed by atoms with van der Waals surface area (Å²) in [6.07, 6.45) is 0. The second-order valence-corrected chi connectivity index (χ2v) is 6.59. The second kappa shape index (κ2) is 6.53. The number of carbonyl (C=O) groups is 1. The number of benzene rings is 2. The van der Waals surface area contributed by atoms with E-state index in [0.717, 1.165) is 16.1 Å². The maximum atomic E-state index is 14.3. The molecule has 1 N–H and O–H groups in total. The molecule has 3 aromatic rings. The number of thiazole rings is 1. The number of halogens is 1. The molecule has 1 amide bonds. The van der Waals surface area contributed by atoms with Crippen LogP contribution in [0.3, 0.4) is 0 Å². The van der Waals surface area contributed by atoms with Crippen molar-refractivity contribution in [3.8, 4) is 21.8 Å². The van der Waals surface area contributed by atoms with E-state index in [1.165, 1.54) is 29.9 Å². The van der Waals surface area contributed by atoms with Crippen LogP contribution in [0.4, 0.5) is 10.1 Å². The number of carbonyl (C=O) groups excluding carboxylic acids is 1. The van der Waals surface area contributed by atoms with Crippen molar-refractivity contribution in [3.05, 3.63) is 58.7 Å². The molecule has 2 aromatic carbocycles. The first kappa shape index (κ1) is 16.3. The summed E-state index contributed by atoms with van der Waals surface area (Å²) in [5.41, 5.74) is 4.88. The molecular formula is C19H17FN2OS. The van der Waals surface area contributed by atoms with Crippen molar-refractivity contribution >= 4 is 22.9 Å². The third kappa shape index (κ3) is 3.36. The maximum absolute atomic E-state index is 14.3. The zero-order valence-electron chi connectivity index (χ0n) is 13.7. The molecule has 1 aromatic heterocycles. The number of anilines is 1. The van der Waals surface area contributed by atoms with E-state index in [-0.39, 0.29) is 5.91 Å². The normalized spacial score (nSPS) is 10.7. The van der Waals surface area contributed by atoms with Crippen molar-refractivity contribution in [2.45, 2.75) is 20.8 Å². The highest BCUT2D eigenvalue weighted by Gasteiger charge is 2.13. The minimum absolute atomic E-state index is 0.229. The molecule has 0 bridgehead atoms. The van der Waals surface area contributed by atoms with Gasteiger partial charge < -0.3 is 5.32 Å². The van der Waals surface area contributed by atoms with Gasteiger partial charge in [0.2, 0.25) is 5.91 Å². The molecule has 0 saturated heterocycles. The van der Waals surface area contributed by atoms with Crippen LogP contribution < -0.4 is 5.32 Å². The fraction of sp³-hybridized carbons (Fsp3) is 0.158. The van der Waals surface area contributed by atoms with Gasteiger partial charge in [0.25, 0.3) is 0 Å². The first-order valence-corrected chi connectivity index (χ1v) is 8.42. The monoisotopic (exact) mass is 340 g/mol. The van der Waals surface area contributed by atoms with Crippen LogP contribution in [0.5, 0.6) is 0 Å². The number of rotatable bonds is 3. The standard InChI is InChI=1S/C19H17FN2OS/c1-11-4-6-15(12(2)8-11)19-22-18(10-24-19)16-7-5-14(9-17(16)20)21-13(3)23/h4-10H,1-3H3,(H,21,23). The highest BCUT2D eigenvalue weighted by atomic mass is 32.1. The molecule has 24 heavy (non-hydrogen) atoms. The third-order valence-electron chi connectivity index (χ3n) is 3.68. The summed E-state index contributed by atoms with van der Waals surface area (Å²) in [6.45, 7) is 5.49. The van der Waals surface area contributed by atoms with Crippen LogP contribution in [0.15, 0.2) is 41.8 Å². The molecule has 0 aliphatic carbocycles. The summed E-state index contributed by atoms with van der Waals surface area (Å²) < 4.78 is 14.3. The molecule has 5 heteroatoms. The Kier molecular flexibility index (Phi) is 4.44. The summed E-state index contributed by atoms with van der Waals surface area (Å²) in [5.74, 6) is -0.633. The lowest BCUT2D eigenvalue weighted by atomic mass is 10.1. The zero-order chi connectivity index (χ0) is 17.3. The van der Waals surface area contributed by atoms with Crippen molar-refractivity contribution in [3.63, 3.8) is 0 Å². The maximum Gasteiger partial charge on any atom is 0.221 e. The Balaban J connectivity index is 1.94. The van der Waals surface area contributed by atoms with Gasteiger partial charge in [-0.2, -0.15) is 0 Å². The van der Waals surface area contributed by atoms with E-state index in [1.54, 1.807) is 12.1 Å². The molecule has 0 radical (unpaired) electrons. The molecule has 0 aliphatic rings. The van der Waals surface area contributed by atoms with Crippen LogP contribution in [-0.4, -0.2) is 10.9 Å². The Bertz CT molecular complexity index is 917. The second-order valence-electron chi connectivity index (χ2n) is 5.73. The lowest BCUT2D eigenvalue weighted by Crippen LogP contribution is -2.05. The minimum Gasteiger partial charge on any atom is -0.326 e. The van der Waals surface area contributed by atoms with E-state index in [9.17, 15) is 9.18 Å². The van der Waals surface area contributed by atoms with E-state index in [0.29, 0.717) is 16.9 Å². The van der Waals surface area contributed by atoms with E-state index < -0.39 is 5.82 Å². The van der Waals surface area contributed by atoms with Crippen molar-refractivity contribution in [1.29, 1.82) is 0 Å². The largest absolute Gasteiger partial charge is 0.326 e. The van der Waals surface area contributed by atoms with Gasteiger partial charge in [-0.15, -0.1) is 11.3 Å². The Morgan fingerprint density at radius 3 is 2.54 bits per heavy atom. The van der Waals surface area contributed by atoms with E-state index in [2.05, 4.69) is 23.3 Å². The molecule has 122 valence electrons. The van der Waals surface area contributed by atoms with Crippen molar-refractivity contribution < 1.29 is 9.18 Å². The molecule has 0 saturated carbocycles. The van der Waals surface area contributed by atoms with Crippen LogP contribution in [0, 0.1) is 19.7 Å². The number of aromatic nitrogens is 1. The van der Waals surface area contributed by atoms with Crippen LogP contribution in [0.1, 0.15) is 18.1 Å². The van der Waals surface area contributed by atoms with Crippen LogP contribution >= 0.6 is 11.3 Å². The van der Waals surface area contributed by atoms with Crippen molar-refractivity contribution in [2.75, 3.05) is 5.32 Å². The first-order chi connectivity index (χ1) is 11.4. The summed E-state index contributed by atoms with van der Waals surface area (Å²) in [6, 6.07) is 10.8. The van der Waals surface area contributed by atoms with Gasteiger partial charge in [-0.1, -0.05) is 23.8 Å². The lowest BCUT2D eigenvalue weighted by molar-refractivity contribution is -0.114. The van der Waals surface area contributed by atoms with Gasteiger partial charge in [0.05, 0.1) is 5.69 Å². The molecular weight excluding hydrogens is 323 g/mol. The zero-order valence-corrected chi connectivity index (χ0v) is 14.5. The number of nitrogens with one attached hydrogen (secondary N) is 1. The predicted octanol–water partition coefficient (Wildman–Crippen LogP) is 5.19. The molecule has 0 spiro atoms. The van der Waals surface area contributed by atoms with Gasteiger partial charge in [0, 0.05) is 29.1 Å². The highest BCUT2D eigenvalue weighted by molar-refractivity contribution is 7.13. The number of nitrogens with zero attached hydrogens (tertiary/aromatic N) is 1. The molecule has 1 heterocycles. The summed E-state index contributed by atoms with van der Waals surface area (Å²) in [5, 5.41) is 5.29. The van der Waals surface area contributed by atoms with E-state index >= 15 is 0 Å². The number of hydrogen-bond acceptors (Lipinski definition) is 3. The van der Waals surface area contributed by atoms with E-state index in [4.69, 9.17) is 0 Å². The van der Waals surface area contributed by atoms with Gasteiger partial charge >= 0.3 is 0 Å². The SMILES string of the molecule is CC(=O)Nc1ccc(-c2csc(-c3ccc(C)cc3C)n2)c(F)c1. The van der Waals surface area contributed by atoms with Crippen LogP contribution in [0.25, 0.3) is 21.8 Å². The molecule has 0 atom stereocenters. The van der Waals surface area contributed by atoms with Gasteiger partial charge in [-0.05, 0) is 37.6 Å². The average molecular weight is 340 g/mol. The molecule has 0 fully saturated rings. The fourth-order valence-electron chi connectivity index (χ4n) is 2.58. The topological polar surface area (TPSA) is 42.0 Å². The molecule has 0 aliphatic heterocycles. The van der Waals surface area contributed by atoms with Gasteiger partial charge in [0.15, 0.2) is 0 Å². The Labute approximate surface area is 144 Å². The first-order valence-electron chi connectivity index (χ1n) is 7.54. The molecule has 3 nitrogen and oxygen atoms in total. The minimum atomic E-state index is -0.404. The predicted molar refractivity (Wildman–Crippen MR) is 96.7 cm³/mol. The average Bonchev–Trinajstić information content (AvgIpc) is 2.96. The van der Waals surface area contributed by atoms with Gasteiger partial charge in [-0.25, -0.2) is 9.37 Å². The lowest BCUT2D eigenvalue weighted by Gasteiger charge is -2.05. The summed E-state index contributed by atoms with van der Waals surface area (Å²) in [4.78, 5) is 15.6. The Morgan fingerprint density at radius 1 is 1.12 bits per heavy atom. The third-order valence-corrected chi connectivity index (χ3v) is 4.56. The van der Waals surface area contributed by atoms with E-state index in [1.807, 2.05) is 24.4 Å². The summed E-state index contributed by atoms with van der Waals surface area (Å²) in [7, 11) is 0. The van der Waals surface area contributed by atoms with Gasteiger partial charge in [-0.3, -0.25) is 4.79 Å². The quantitative estimate of drug-likeness (QED) is 0.713. The van der Waals surface area contributed by atoms with Gasteiger partial charge in [0.1, 0.15) is 10.8 Å². The van der Waals surface area contributed by atoms with Crippen molar-refractivity contribution in [2.24, 2.45) is 0 Å². The molecule has 0 unspecified atom stereocenters. The highest BCUT2D eigenvalue weighted by Crippen LogP contribution is 2.32. The van der Waals surface area contributed by atoms with Crippen molar-refractivity contribution in [1.82, 2.24) is 4.98 Å². The van der Waals surface area contributed by atoms with Crippen LogP contribution in [0.2, 0.25) is 0 Å². The Hall–Kier alpha value is -2.53. The number of hydrogen-bond donors (Lipinski definition) is 1. The molecule has 3 rings (SSSR count). The summed E-state index contributed by atoms with van der Waals surface area (Å²) >= 11 is 1.49.